The van der Waals surface area contributed by atoms with Crippen LogP contribution in [0.4, 0.5) is 0 Å². The minimum absolute atomic E-state index is 0.557. The summed E-state index contributed by atoms with van der Waals surface area (Å²) < 4.78 is 67.5. The fraction of sp³-hybridized carbons (Fsp3) is 1.00. The first-order valence-corrected chi connectivity index (χ1v) is 29.9. The van der Waals surface area contributed by atoms with Crippen molar-refractivity contribution in [2.24, 2.45) is 0 Å². The number of rotatable bonds is 20. The normalized spacial score (nSPS) is 23.9. The molecule has 0 spiro atoms. The summed E-state index contributed by atoms with van der Waals surface area (Å²) in [6.45, 7) is 26.1. The molecule has 0 saturated carbocycles. The van der Waals surface area contributed by atoms with Gasteiger partial charge in [-0.1, -0.05) is 0 Å². The highest BCUT2D eigenvalue weighted by molar-refractivity contribution is 7.10. The van der Waals surface area contributed by atoms with Crippen LogP contribution in [0.1, 0.15) is 62.3 Å². The SMILES string of the molecule is CCO[Si]1(OCC)C[Si](C)(O[Si]2(OCC)C[Si](OCC)(OCC)C[Si](OCC)(OCC)C2)C[Si](OCC)(OCC)C1. The van der Waals surface area contributed by atoms with Crippen molar-refractivity contribution in [2.45, 2.75) is 103 Å². The maximum absolute atomic E-state index is 7.69. The van der Waals surface area contributed by atoms with E-state index in [9.17, 15) is 0 Å². The largest absolute Gasteiger partial charge is 0.436 e. The maximum Gasteiger partial charge on any atom is 0.341 e. The van der Waals surface area contributed by atoms with E-state index < -0.39 is 51.1 Å². The van der Waals surface area contributed by atoms with Crippen LogP contribution in [-0.4, -0.2) is 111 Å². The average molecular weight is 689 g/mol. The van der Waals surface area contributed by atoms with Crippen LogP contribution in [0, 0.1) is 0 Å². The molecule has 0 amide bonds. The van der Waals surface area contributed by atoms with Crippen LogP contribution in [0.15, 0.2) is 0 Å². The Hall–Kier alpha value is 0.901. The predicted molar refractivity (Wildman–Crippen MR) is 175 cm³/mol. The Morgan fingerprint density at radius 1 is 0.317 bits per heavy atom. The van der Waals surface area contributed by atoms with E-state index in [1.165, 1.54) is 0 Å². The van der Waals surface area contributed by atoms with Gasteiger partial charge in [0.2, 0.25) is 0 Å². The quantitative estimate of drug-likeness (QED) is 0.155. The van der Waals surface area contributed by atoms with Crippen LogP contribution in [0.3, 0.4) is 0 Å². The zero-order valence-electron chi connectivity index (χ0n) is 27.7. The summed E-state index contributed by atoms with van der Waals surface area (Å²) in [5, 5.41) is 0. The topological polar surface area (TPSA) is 92.3 Å². The van der Waals surface area contributed by atoms with Crippen molar-refractivity contribution >= 4 is 51.1 Å². The summed E-state index contributed by atoms with van der Waals surface area (Å²) in [6, 6.07) is 0. The van der Waals surface area contributed by atoms with Crippen LogP contribution in [0.5, 0.6) is 0 Å². The molecular formula is C25H60O10Si6. The van der Waals surface area contributed by atoms with Crippen LogP contribution >= 0.6 is 0 Å². The summed E-state index contributed by atoms with van der Waals surface area (Å²) in [5.74, 6) is 0. The van der Waals surface area contributed by atoms with E-state index >= 15 is 0 Å². The van der Waals surface area contributed by atoms with Crippen LogP contribution in [-0.2, 0) is 43.9 Å². The fourth-order valence-corrected chi connectivity index (χ4v) is 59.2. The van der Waals surface area contributed by atoms with Crippen molar-refractivity contribution < 1.29 is 43.9 Å². The van der Waals surface area contributed by atoms with Crippen LogP contribution < -0.4 is 0 Å². The first-order chi connectivity index (χ1) is 19.5. The van der Waals surface area contributed by atoms with Gasteiger partial charge in [0, 0.05) is 93.5 Å². The van der Waals surface area contributed by atoms with E-state index in [1.807, 2.05) is 27.7 Å². The van der Waals surface area contributed by atoms with Crippen molar-refractivity contribution in [3.05, 3.63) is 0 Å². The molecule has 0 atom stereocenters. The van der Waals surface area contributed by atoms with Gasteiger partial charge in [-0.3, -0.25) is 0 Å². The van der Waals surface area contributed by atoms with Gasteiger partial charge in [0.25, 0.3) is 0 Å². The molecule has 2 aliphatic rings. The third kappa shape index (κ3) is 9.94. The maximum atomic E-state index is 7.69. The molecule has 0 aliphatic carbocycles. The van der Waals surface area contributed by atoms with Crippen molar-refractivity contribution in [1.82, 2.24) is 0 Å². The van der Waals surface area contributed by atoms with Gasteiger partial charge in [0.15, 0.2) is 8.32 Å². The van der Waals surface area contributed by atoms with E-state index in [-0.39, 0.29) is 0 Å². The van der Waals surface area contributed by atoms with Crippen molar-refractivity contribution in [1.29, 1.82) is 0 Å². The molecule has 2 saturated heterocycles. The number of hydrogen-bond donors (Lipinski definition) is 0. The van der Waals surface area contributed by atoms with Gasteiger partial charge >= 0.3 is 42.8 Å². The van der Waals surface area contributed by atoms with E-state index in [1.54, 1.807) is 0 Å². The Kier molecular flexibility index (Phi) is 15.8. The highest BCUT2D eigenvalue weighted by atomic mass is 28.5. The van der Waals surface area contributed by atoms with Crippen LogP contribution in [0.25, 0.3) is 0 Å². The molecule has 0 aromatic heterocycles. The van der Waals surface area contributed by atoms with Gasteiger partial charge in [-0.2, -0.15) is 0 Å². The van der Waals surface area contributed by atoms with Gasteiger partial charge in [0.1, 0.15) is 0 Å². The molecule has 0 aromatic carbocycles. The lowest BCUT2D eigenvalue weighted by molar-refractivity contribution is 0.150. The smallest absolute Gasteiger partial charge is 0.341 e. The third-order valence-corrected chi connectivity index (χ3v) is 45.9. The number of hydrogen-bond acceptors (Lipinski definition) is 10. The zero-order valence-corrected chi connectivity index (χ0v) is 33.7. The van der Waals surface area contributed by atoms with Crippen LogP contribution in [0.2, 0.25) is 40.6 Å². The molecule has 16 heteroatoms. The minimum Gasteiger partial charge on any atom is -0.436 e. The molecule has 244 valence electrons. The summed E-state index contributed by atoms with van der Waals surface area (Å²) in [4.78, 5) is 0. The molecule has 0 unspecified atom stereocenters. The second kappa shape index (κ2) is 17.0. The van der Waals surface area contributed by atoms with Crippen molar-refractivity contribution in [3.63, 3.8) is 0 Å². The Morgan fingerprint density at radius 3 is 0.756 bits per heavy atom. The van der Waals surface area contributed by atoms with Gasteiger partial charge in [0.05, 0.1) is 0 Å². The second-order valence-corrected chi connectivity index (χ2v) is 35.0. The molecule has 2 rings (SSSR count). The summed E-state index contributed by atoms with van der Waals surface area (Å²) in [6.07, 6.45) is 0. The van der Waals surface area contributed by atoms with Gasteiger partial charge in [-0.25, -0.2) is 0 Å². The molecule has 10 nitrogen and oxygen atoms in total. The molecule has 0 radical (unpaired) electrons. The summed E-state index contributed by atoms with van der Waals surface area (Å²) in [5.41, 5.74) is 4.58. The highest BCUT2D eigenvalue weighted by Crippen LogP contribution is 2.49. The molecular weight excluding hydrogens is 629 g/mol. The van der Waals surface area contributed by atoms with E-state index in [0.29, 0.717) is 70.8 Å². The fourth-order valence-electron chi connectivity index (χ4n) is 7.23. The van der Waals surface area contributed by atoms with Gasteiger partial charge < -0.3 is 43.9 Å². The van der Waals surface area contributed by atoms with E-state index in [0.717, 1.165) is 22.7 Å². The Labute approximate surface area is 256 Å². The second-order valence-electron chi connectivity index (χ2n) is 11.1. The first-order valence-electron chi connectivity index (χ1n) is 16.0. The van der Waals surface area contributed by atoms with E-state index in [4.69, 9.17) is 43.9 Å². The molecule has 2 heterocycles. The predicted octanol–water partition coefficient (Wildman–Crippen LogP) is 5.38. The Morgan fingerprint density at radius 2 is 0.512 bits per heavy atom. The molecule has 0 N–H and O–H groups in total. The summed E-state index contributed by atoms with van der Waals surface area (Å²) >= 11 is 0. The van der Waals surface area contributed by atoms with Crippen molar-refractivity contribution in [2.75, 3.05) is 59.5 Å². The first kappa shape index (κ1) is 38.1. The monoisotopic (exact) mass is 688 g/mol. The Balaban J connectivity index is 2.71. The zero-order chi connectivity index (χ0) is 30.7. The molecule has 0 aromatic rings. The highest BCUT2D eigenvalue weighted by Gasteiger charge is 2.70. The van der Waals surface area contributed by atoms with E-state index in [2.05, 4.69) is 41.2 Å². The molecule has 2 fully saturated rings. The average Bonchev–Trinajstić information content (AvgIpc) is 2.84. The molecule has 2 aliphatic heterocycles. The minimum atomic E-state index is -2.97. The van der Waals surface area contributed by atoms with Gasteiger partial charge in [-0.15, -0.1) is 0 Å². The lowest BCUT2D eigenvalue weighted by Crippen LogP contribution is -2.73. The molecule has 0 bridgehead atoms. The standard InChI is InChI=1S/C25H60O10Si6/c1-11-26-37(27-12-2)20-36(10,21-38(22-37,28-13-3)29-14-4)35-41(34-19-9)24-39(30-15-5,31-16-6)23-40(25-41,32-17-7)33-18-8/h11-25H2,1-10H3. The lowest BCUT2D eigenvalue weighted by Gasteiger charge is -2.54. The molecule has 41 heavy (non-hydrogen) atoms. The lowest BCUT2D eigenvalue weighted by atomic mass is 10.9. The Bertz CT molecular complexity index is 694. The third-order valence-electron chi connectivity index (χ3n) is 7.54. The summed E-state index contributed by atoms with van der Waals surface area (Å²) in [7, 11) is -16.5. The van der Waals surface area contributed by atoms with Crippen molar-refractivity contribution in [3.8, 4) is 0 Å². The van der Waals surface area contributed by atoms with Gasteiger partial charge in [-0.05, 0) is 68.9 Å².